The van der Waals surface area contributed by atoms with E-state index in [1.807, 2.05) is 42.3 Å². The topological polar surface area (TPSA) is 102 Å². The van der Waals surface area contributed by atoms with E-state index < -0.39 is 11.9 Å². The number of amides is 2. The van der Waals surface area contributed by atoms with E-state index in [2.05, 4.69) is 10.2 Å². The van der Waals surface area contributed by atoms with Crippen LogP contribution >= 0.6 is 11.6 Å². The van der Waals surface area contributed by atoms with Crippen molar-refractivity contribution in [3.63, 3.8) is 0 Å². The Bertz CT molecular complexity index is 1430. The zero-order valence-corrected chi connectivity index (χ0v) is 22.3. The number of carboxylic acid groups (broad SMARTS) is 1. The number of benzene rings is 3. The van der Waals surface area contributed by atoms with E-state index in [0.717, 1.165) is 29.8 Å². The molecule has 0 aliphatic carbocycles. The predicted octanol–water partition coefficient (Wildman–Crippen LogP) is 4.60. The number of aliphatic imine (C=N–C) groups is 1. The second kappa shape index (κ2) is 11.4. The molecule has 2 aliphatic rings. The number of carbonyl (C=O) groups is 3. The molecule has 0 spiro atoms. The molecule has 1 unspecified atom stereocenters. The van der Waals surface area contributed by atoms with Gasteiger partial charge in [-0.05, 0) is 66.6 Å². The monoisotopic (exact) mass is 544 g/mol. The quantitative estimate of drug-likeness (QED) is 0.423. The Balaban J connectivity index is 1.47. The highest BCUT2D eigenvalue weighted by Crippen LogP contribution is 2.37. The van der Waals surface area contributed by atoms with Crippen LogP contribution in [0.3, 0.4) is 0 Å². The summed E-state index contributed by atoms with van der Waals surface area (Å²) < 4.78 is 0. The van der Waals surface area contributed by atoms with Crippen molar-refractivity contribution >= 4 is 46.5 Å². The number of hydrogen-bond donors (Lipinski definition) is 2. The Morgan fingerprint density at radius 1 is 0.974 bits per heavy atom. The van der Waals surface area contributed by atoms with Gasteiger partial charge in [0.25, 0.3) is 5.91 Å². The molecule has 9 heteroatoms. The summed E-state index contributed by atoms with van der Waals surface area (Å²) in [6.07, 6.45) is 0.453. The minimum Gasteiger partial charge on any atom is -0.481 e. The number of nitrogens with zero attached hydrogens (tertiary/aromatic N) is 3. The number of anilines is 1. The number of aliphatic carboxylic acids is 1. The first-order valence-corrected chi connectivity index (χ1v) is 13.2. The van der Waals surface area contributed by atoms with Crippen molar-refractivity contribution in [3.8, 4) is 0 Å². The molecule has 0 bridgehead atoms. The smallest absolute Gasteiger partial charge is 0.303 e. The highest BCUT2D eigenvalue weighted by Gasteiger charge is 2.35. The van der Waals surface area contributed by atoms with Crippen molar-refractivity contribution in [3.05, 3.63) is 94.0 Å². The number of likely N-dealkylation sites (N-methyl/N-ethyl adjacent to an activating group) is 1. The molecule has 200 valence electrons. The van der Waals surface area contributed by atoms with E-state index in [9.17, 15) is 14.4 Å². The van der Waals surface area contributed by atoms with Crippen LogP contribution < -0.4 is 5.32 Å². The van der Waals surface area contributed by atoms with Crippen LogP contribution in [0.25, 0.3) is 0 Å². The zero-order chi connectivity index (χ0) is 27.5. The lowest BCUT2D eigenvalue weighted by Gasteiger charge is -2.32. The number of halogens is 1. The van der Waals surface area contributed by atoms with Gasteiger partial charge in [-0.2, -0.15) is 0 Å². The number of fused-ring (bicyclic) bond motifs is 1. The summed E-state index contributed by atoms with van der Waals surface area (Å²) in [6, 6.07) is 19.9. The zero-order valence-electron chi connectivity index (χ0n) is 21.6. The molecular formula is C30H29ClN4O4. The maximum absolute atomic E-state index is 13.2. The van der Waals surface area contributed by atoms with Crippen molar-refractivity contribution in [2.45, 2.75) is 18.8 Å². The summed E-state index contributed by atoms with van der Waals surface area (Å²) in [7, 11) is 2.05. The largest absolute Gasteiger partial charge is 0.481 e. The lowest BCUT2D eigenvalue weighted by atomic mass is 9.90. The standard InChI is InChI=1S/C30H29ClN4O4/c1-34-14-16-35(17-15-34)30(39)21-7-10-23(11-8-21)32-28(20-5-2-19(3-6-20)4-13-26(36)37)27-24-12-9-22(31)18-25(24)33-29(27)38/h2-3,5-12,18,27H,4,13-17H2,1H3,(H,33,38)(H,36,37). The molecule has 0 aromatic heterocycles. The van der Waals surface area contributed by atoms with Crippen LogP contribution in [0.4, 0.5) is 11.4 Å². The summed E-state index contributed by atoms with van der Waals surface area (Å²) in [4.78, 5) is 46.1. The van der Waals surface area contributed by atoms with Gasteiger partial charge in [-0.3, -0.25) is 19.4 Å². The molecule has 3 aromatic rings. The molecule has 1 atom stereocenters. The lowest BCUT2D eigenvalue weighted by molar-refractivity contribution is -0.137. The van der Waals surface area contributed by atoms with Crippen molar-refractivity contribution < 1.29 is 19.5 Å². The van der Waals surface area contributed by atoms with Gasteiger partial charge >= 0.3 is 5.97 Å². The molecule has 5 rings (SSSR count). The molecule has 0 radical (unpaired) electrons. The summed E-state index contributed by atoms with van der Waals surface area (Å²) in [6.45, 7) is 3.09. The fraction of sp³-hybridized carbons (Fsp3) is 0.267. The Labute approximate surface area is 231 Å². The molecule has 8 nitrogen and oxygen atoms in total. The first-order chi connectivity index (χ1) is 18.8. The van der Waals surface area contributed by atoms with Gasteiger partial charge in [-0.15, -0.1) is 0 Å². The third-order valence-corrected chi connectivity index (χ3v) is 7.39. The van der Waals surface area contributed by atoms with Crippen molar-refractivity contribution in [2.24, 2.45) is 4.99 Å². The van der Waals surface area contributed by atoms with E-state index in [-0.39, 0.29) is 18.2 Å². The second-order valence-electron chi connectivity index (χ2n) is 9.88. The number of carboxylic acids is 1. The molecule has 1 saturated heterocycles. The van der Waals surface area contributed by atoms with Gasteiger partial charge in [0.1, 0.15) is 5.92 Å². The molecular weight excluding hydrogens is 516 g/mol. The minimum absolute atomic E-state index is 0.00298. The van der Waals surface area contributed by atoms with Gasteiger partial charge in [0.2, 0.25) is 5.91 Å². The second-order valence-corrected chi connectivity index (χ2v) is 10.3. The average Bonchev–Trinajstić information content (AvgIpc) is 3.25. The fourth-order valence-electron chi connectivity index (χ4n) is 4.91. The first-order valence-electron chi connectivity index (χ1n) is 12.9. The average molecular weight is 545 g/mol. The van der Waals surface area contributed by atoms with E-state index in [1.54, 1.807) is 36.4 Å². The van der Waals surface area contributed by atoms with Crippen molar-refractivity contribution in [1.82, 2.24) is 9.80 Å². The summed E-state index contributed by atoms with van der Waals surface area (Å²) >= 11 is 6.16. The van der Waals surface area contributed by atoms with Crippen LogP contribution in [0.2, 0.25) is 5.02 Å². The Morgan fingerprint density at radius 3 is 2.31 bits per heavy atom. The van der Waals surface area contributed by atoms with Gasteiger partial charge in [0.05, 0.1) is 11.4 Å². The summed E-state index contributed by atoms with van der Waals surface area (Å²) in [5, 5.41) is 12.4. The van der Waals surface area contributed by atoms with Gasteiger partial charge < -0.3 is 20.2 Å². The summed E-state index contributed by atoms with van der Waals surface area (Å²) in [5.41, 5.74) is 4.82. The highest BCUT2D eigenvalue weighted by molar-refractivity contribution is 6.31. The van der Waals surface area contributed by atoms with Crippen molar-refractivity contribution in [1.29, 1.82) is 0 Å². The molecule has 2 aliphatic heterocycles. The highest BCUT2D eigenvalue weighted by atomic mass is 35.5. The third-order valence-electron chi connectivity index (χ3n) is 7.15. The molecule has 1 fully saturated rings. The normalized spacial score (nSPS) is 17.6. The van der Waals surface area contributed by atoms with Gasteiger partial charge in [-0.25, -0.2) is 0 Å². The maximum Gasteiger partial charge on any atom is 0.303 e. The number of piperazine rings is 1. The molecule has 2 amide bonds. The number of rotatable bonds is 7. The van der Waals surface area contributed by atoms with Crippen LogP contribution in [0.5, 0.6) is 0 Å². The van der Waals surface area contributed by atoms with E-state index in [1.165, 1.54) is 0 Å². The Morgan fingerprint density at radius 2 is 1.64 bits per heavy atom. The fourth-order valence-corrected chi connectivity index (χ4v) is 5.08. The number of nitrogens with one attached hydrogen (secondary N) is 1. The number of carbonyl (C=O) groups excluding carboxylic acids is 2. The molecule has 2 heterocycles. The number of aryl methyl sites for hydroxylation is 1. The van der Waals surface area contributed by atoms with Gasteiger partial charge in [0, 0.05) is 48.9 Å². The van der Waals surface area contributed by atoms with Crippen LogP contribution in [0.1, 0.15) is 39.4 Å². The molecule has 39 heavy (non-hydrogen) atoms. The van der Waals surface area contributed by atoms with Crippen LogP contribution in [0.15, 0.2) is 71.7 Å². The Hall–Kier alpha value is -4.01. The molecule has 2 N–H and O–H groups in total. The van der Waals surface area contributed by atoms with E-state index in [4.69, 9.17) is 21.7 Å². The SMILES string of the molecule is CN1CCN(C(=O)c2ccc(N=C(c3ccc(CCC(=O)O)cc3)C3C(=O)Nc4cc(Cl)ccc43)cc2)CC1. The van der Waals surface area contributed by atoms with Crippen LogP contribution in [-0.2, 0) is 16.0 Å². The Kier molecular flexibility index (Phi) is 7.77. The minimum atomic E-state index is -0.853. The van der Waals surface area contributed by atoms with Crippen molar-refractivity contribution in [2.75, 3.05) is 38.5 Å². The number of hydrogen-bond acceptors (Lipinski definition) is 5. The third kappa shape index (κ3) is 6.02. The molecule has 3 aromatic carbocycles. The van der Waals surface area contributed by atoms with Gasteiger partial charge in [-0.1, -0.05) is 41.9 Å². The van der Waals surface area contributed by atoms with E-state index >= 15 is 0 Å². The molecule has 0 saturated carbocycles. The van der Waals surface area contributed by atoms with Crippen LogP contribution in [-0.4, -0.2) is 71.6 Å². The van der Waals surface area contributed by atoms with Gasteiger partial charge in [0.15, 0.2) is 0 Å². The summed E-state index contributed by atoms with van der Waals surface area (Å²) in [5.74, 6) is -1.72. The first kappa shape index (κ1) is 26.6. The van der Waals surface area contributed by atoms with E-state index in [0.29, 0.717) is 47.2 Å². The maximum atomic E-state index is 13.2. The predicted molar refractivity (Wildman–Crippen MR) is 151 cm³/mol. The lowest BCUT2D eigenvalue weighted by Crippen LogP contribution is -2.47. The van der Waals surface area contributed by atoms with Crippen LogP contribution in [0, 0.1) is 0 Å².